The maximum absolute atomic E-state index is 13.2. The standard InChI is InChI=1S/C22H26N2O3/c1-26-16-7-8-21-18(13-16)17(10-12-27-21)22(25)24-20-9-11-23-14-19(20)15-5-3-2-4-6-15/h2-8,13,17,19-20,23H,9-12,14H2,1H3,(H,24,25). The van der Waals surface area contributed by atoms with Gasteiger partial charge in [-0.2, -0.15) is 0 Å². The molecule has 0 spiro atoms. The van der Waals surface area contributed by atoms with E-state index in [9.17, 15) is 4.79 Å². The van der Waals surface area contributed by atoms with Crippen molar-refractivity contribution in [2.45, 2.75) is 30.7 Å². The van der Waals surface area contributed by atoms with Crippen molar-refractivity contribution in [3.8, 4) is 11.5 Å². The van der Waals surface area contributed by atoms with Crippen molar-refractivity contribution in [1.82, 2.24) is 10.6 Å². The van der Waals surface area contributed by atoms with Crippen LogP contribution in [0, 0.1) is 0 Å². The number of ether oxygens (including phenoxy) is 2. The fraction of sp³-hybridized carbons (Fsp3) is 0.409. The Balaban J connectivity index is 1.53. The van der Waals surface area contributed by atoms with Crippen molar-refractivity contribution in [3.63, 3.8) is 0 Å². The number of hydrogen-bond acceptors (Lipinski definition) is 4. The fourth-order valence-electron chi connectivity index (χ4n) is 4.14. The molecule has 1 amide bonds. The third kappa shape index (κ3) is 3.78. The first-order valence-corrected chi connectivity index (χ1v) is 9.63. The SMILES string of the molecule is COc1ccc2c(c1)C(C(=O)NC1CCNCC1c1ccccc1)CCO2. The first-order valence-electron chi connectivity index (χ1n) is 9.63. The van der Waals surface area contributed by atoms with Crippen LogP contribution in [0.4, 0.5) is 0 Å². The van der Waals surface area contributed by atoms with Crippen molar-refractivity contribution in [2.24, 2.45) is 0 Å². The summed E-state index contributed by atoms with van der Waals surface area (Å²) in [7, 11) is 1.64. The molecular weight excluding hydrogens is 340 g/mol. The smallest absolute Gasteiger partial charge is 0.228 e. The van der Waals surface area contributed by atoms with Crippen molar-refractivity contribution >= 4 is 5.91 Å². The Morgan fingerprint density at radius 3 is 2.85 bits per heavy atom. The topological polar surface area (TPSA) is 59.6 Å². The van der Waals surface area contributed by atoms with Crippen molar-refractivity contribution in [1.29, 1.82) is 0 Å². The molecule has 2 N–H and O–H groups in total. The largest absolute Gasteiger partial charge is 0.497 e. The summed E-state index contributed by atoms with van der Waals surface area (Å²) in [5.41, 5.74) is 2.19. The van der Waals surface area contributed by atoms with Crippen LogP contribution < -0.4 is 20.1 Å². The van der Waals surface area contributed by atoms with Crippen molar-refractivity contribution < 1.29 is 14.3 Å². The number of hydrogen-bond donors (Lipinski definition) is 2. The Hall–Kier alpha value is -2.53. The molecule has 0 aliphatic carbocycles. The third-order valence-electron chi connectivity index (χ3n) is 5.61. The predicted molar refractivity (Wildman–Crippen MR) is 104 cm³/mol. The minimum atomic E-state index is -0.199. The van der Waals surface area contributed by atoms with Crippen LogP contribution in [0.15, 0.2) is 48.5 Å². The van der Waals surface area contributed by atoms with E-state index in [4.69, 9.17) is 9.47 Å². The highest BCUT2D eigenvalue weighted by Gasteiger charge is 2.33. The van der Waals surface area contributed by atoms with Crippen LogP contribution in [0.5, 0.6) is 11.5 Å². The van der Waals surface area contributed by atoms with Gasteiger partial charge in [0.05, 0.1) is 19.6 Å². The molecule has 1 saturated heterocycles. The molecule has 1 fully saturated rings. The molecule has 2 aliphatic heterocycles. The molecule has 0 radical (unpaired) electrons. The zero-order chi connectivity index (χ0) is 18.6. The summed E-state index contributed by atoms with van der Waals surface area (Å²) in [4.78, 5) is 13.2. The summed E-state index contributed by atoms with van der Waals surface area (Å²) in [6, 6.07) is 16.3. The van der Waals surface area contributed by atoms with Gasteiger partial charge in [-0.1, -0.05) is 30.3 Å². The Bertz CT molecular complexity index is 793. The van der Waals surface area contributed by atoms with Crippen molar-refractivity contribution in [3.05, 3.63) is 59.7 Å². The van der Waals surface area contributed by atoms with Crippen LogP contribution >= 0.6 is 0 Å². The fourth-order valence-corrected chi connectivity index (χ4v) is 4.14. The van der Waals surface area contributed by atoms with E-state index in [1.807, 2.05) is 24.3 Å². The lowest BCUT2D eigenvalue weighted by molar-refractivity contribution is -0.124. The molecule has 2 heterocycles. The van der Waals surface area contributed by atoms with Gasteiger partial charge in [0, 0.05) is 24.1 Å². The highest BCUT2D eigenvalue weighted by atomic mass is 16.5. The molecule has 142 valence electrons. The van der Waals surface area contributed by atoms with E-state index >= 15 is 0 Å². The van der Waals surface area contributed by atoms with E-state index in [-0.39, 0.29) is 23.8 Å². The highest BCUT2D eigenvalue weighted by Crippen LogP contribution is 2.37. The highest BCUT2D eigenvalue weighted by molar-refractivity contribution is 5.85. The molecule has 2 aromatic rings. The van der Waals surface area contributed by atoms with E-state index in [1.165, 1.54) is 5.56 Å². The summed E-state index contributed by atoms with van der Waals surface area (Å²) in [6.07, 6.45) is 1.62. The molecule has 0 bridgehead atoms. The molecule has 4 rings (SSSR count). The van der Waals surface area contributed by atoms with E-state index < -0.39 is 0 Å². The van der Waals surface area contributed by atoms with Crippen molar-refractivity contribution in [2.75, 3.05) is 26.8 Å². The van der Waals surface area contributed by atoms with Gasteiger partial charge in [-0.05, 0) is 43.1 Å². The summed E-state index contributed by atoms with van der Waals surface area (Å²) in [5.74, 6) is 1.71. The monoisotopic (exact) mass is 366 g/mol. The van der Waals surface area contributed by atoms with Gasteiger partial charge >= 0.3 is 0 Å². The molecule has 3 atom stereocenters. The number of carbonyl (C=O) groups is 1. The number of benzene rings is 2. The Kier molecular flexibility index (Phi) is 5.30. The molecule has 5 nitrogen and oxygen atoms in total. The normalized spacial score (nSPS) is 24.4. The summed E-state index contributed by atoms with van der Waals surface area (Å²) >= 11 is 0. The quantitative estimate of drug-likeness (QED) is 0.874. The lowest BCUT2D eigenvalue weighted by atomic mass is 9.85. The van der Waals surface area contributed by atoms with Gasteiger partial charge in [0.1, 0.15) is 11.5 Å². The number of piperidine rings is 1. The summed E-state index contributed by atoms with van der Waals surface area (Å²) < 4.78 is 11.1. The Labute approximate surface area is 160 Å². The van der Waals surface area contributed by atoms with Crippen LogP contribution in [0.3, 0.4) is 0 Å². The first-order chi connectivity index (χ1) is 13.3. The van der Waals surface area contributed by atoms with E-state index in [0.717, 1.165) is 36.6 Å². The average molecular weight is 366 g/mol. The molecule has 0 saturated carbocycles. The van der Waals surface area contributed by atoms with Crippen LogP contribution in [-0.4, -0.2) is 38.8 Å². The van der Waals surface area contributed by atoms with Gasteiger partial charge in [0.25, 0.3) is 0 Å². The maximum atomic E-state index is 13.2. The molecule has 2 aliphatic rings. The molecule has 5 heteroatoms. The predicted octanol–water partition coefficient (Wildman–Crippen LogP) is 2.82. The Morgan fingerprint density at radius 2 is 2.04 bits per heavy atom. The van der Waals surface area contributed by atoms with Gasteiger partial charge in [-0.3, -0.25) is 4.79 Å². The number of nitrogens with one attached hydrogen (secondary N) is 2. The second kappa shape index (κ2) is 8.01. The van der Waals surface area contributed by atoms with Crippen LogP contribution in [0.2, 0.25) is 0 Å². The van der Waals surface area contributed by atoms with Crippen LogP contribution in [0.25, 0.3) is 0 Å². The number of fused-ring (bicyclic) bond motifs is 1. The second-order valence-corrected chi connectivity index (χ2v) is 7.22. The van der Waals surface area contributed by atoms with Gasteiger partial charge in [-0.15, -0.1) is 0 Å². The van der Waals surface area contributed by atoms with Gasteiger partial charge in [0.15, 0.2) is 0 Å². The number of methoxy groups -OCH3 is 1. The van der Waals surface area contributed by atoms with Gasteiger partial charge < -0.3 is 20.1 Å². The maximum Gasteiger partial charge on any atom is 0.228 e. The molecular formula is C22H26N2O3. The van der Waals surface area contributed by atoms with Crippen LogP contribution in [0.1, 0.15) is 35.8 Å². The minimum absolute atomic E-state index is 0.0839. The molecule has 27 heavy (non-hydrogen) atoms. The number of amides is 1. The minimum Gasteiger partial charge on any atom is -0.497 e. The lowest BCUT2D eigenvalue weighted by Crippen LogP contribution is -2.49. The van der Waals surface area contributed by atoms with E-state index in [2.05, 4.69) is 34.9 Å². The third-order valence-corrected chi connectivity index (χ3v) is 5.61. The summed E-state index contributed by atoms with van der Waals surface area (Å²) in [6.45, 7) is 2.37. The lowest BCUT2D eigenvalue weighted by Gasteiger charge is -2.35. The molecule has 0 aromatic heterocycles. The van der Waals surface area contributed by atoms with E-state index in [0.29, 0.717) is 13.0 Å². The van der Waals surface area contributed by atoms with Crippen LogP contribution in [-0.2, 0) is 4.79 Å². The van der Waals surface area contributed by atoms with Gasteiger partial charge in [-0.25, -0.2) is 0 Å². The second-order valence-electron chi connectivity index (χ2n) is 7.22. The zero-order valence-electron chi connectivity index (χ0n) is 15.6. The van der Waals surface area contributed by atoms with E-state index in [1.54, 1.807) is 7.11 Å². The Morgan fingerprint density at radius 1 is 1.19 bits per heavy atom. The van der Waals surface area contributed by atoms with Gasteiger partial charge in [0.2, 0.25) is 5.91 Å². The molecule has 3 unspecified atom stereocenters. The summed E-state index contributed by atoms with van der Waals surface area (Å²) in [5, 5.41) is 6.80. The zero-order valence-corrected chi connectivity index (χ0v) is 15.6. The first kappa shape index (κ1) is 17.9. The number of carbonyl (C=O) groups excluding carboxylic acids is 1. The molecule has 2 aromatic carbocycles. The average Bonchev–Trinajstić information content (AvgIpc) is 2.74. The number of rotatable bonds is 4.